The number of amides is 1. The first kappa shape index (κ1) is 17.9. The van der Waals surface area contributed by atoms with Crippen molar-refractivity contribution in [2.45, 2.75) is 13.0 Å². The van der Waals surface area contributed by atoms with Crippen molar-refractivity contribution in [1.29, 1.82) is 0 Å². The molecule has 0 saturated carbocycles. The number of oxazole rings is 1. The average Bonchev–Trinajstić information content (AvgIpc) is 3.26. The zero-order valence-corrected chi connectivity index (χ0v) is 16.0. The van der Waals surface area contributed by atoms with Crippen LogP contribution in [0.5, 0.6) is 0 Å². The maximum absolute atomic E-state index is 12.9. The number of carbonyl (C=O) groups excluding carboxylic acids is 1. The number of likely N-dealkylation sites (tertiary alicyclic amines) is 1. The van der Waals surface area contributed by atoms with Crippen LogP contribution in [-0.4, -0.2) is 52.4 Å². The number of aromatic amines is 1. The zero-order valence-electron chi connectivity index (χ0n) is 15.2. The predicted octanol–water partition coefficient (Wildman–Crippen LogP) is 3.48. The second-order valence-electron chi connectivity index (χ2n) is 7.19. The van der Waals surface area contributed by atoms with Gasteiger partial charge in [0, 0.05) is 44.1 Å². The highest BCUT2D eigenvalue weighted by molar-refractivity contribution is 7.71. The van der Waals surface area contributed by atoms with Gasteiger partial charge in [-0.25, -0.2) is 0 Å². The summed E-state index contributed by atoms with van der Waals surface area (Å²) in [5.41, 5.74) is 3.31. The molecular weight excluding hydrogens is 360 g/mol. The van der Waals surface area contributed by atoms with E-state index in [1.165, 1.54) is 5.56 Å². The van der Waals surface area contributed by atoms with Gasteiger partial charge in [-0.1, -0.05) is 6.07 Å². The van der Waals surface area contributed by atoms with Gasteiger partial charge in [-0.2, -0.15) is 0 Å². The molecule has 0 aliphatic carbocycles. The number of benzene rings is 1. The molecule has 7 heteroatoms. The molecule has 1 saturated heterocycles. The molecule has 3 aromatic rings. The largest absolute Gasteiger partial charge is 0.429 e. The molecule has 0 radical (unpaired) electrons. The van der Waals surface area contributed by atoms with E-state index in [0.717, 1.165) is 38.1 Å². The molecule has 1 fully saturated rings. The van der Waals surface area contributed by atoms with Crippen molar-refractivity contribution in [3.8, 4) is 0 Å². The second-order valence-corrected chi connectivity index (χ2v) is 7.56. The molecule has 140 valence electrons. The van der Waals surface area contributed by atoms with Crippen molar-refractivity contribution in [2.24, 2.45) is 5.92 Å². The van der Waals surface area contributed by atoms with Gasteiger partial charge >= 0.3 is 0 Å². The summed E-state index contributed by atoms with van der Waals surface area (Å²) in [4.78, 5) is 24.6. The molecule has 4 rings (SSSR count). The Bertz CT molecular complexity index is 998. The molecule has 1 aromatic carbocycles. The Hall–Kier alpha value is -2.51. The van der Waals surface area contributed by atoms with E-state index in [2.05, 4.69) is 28.0 Å². The molecule has 0 spiro atoms. The standard InChI is InChI=1S/C20H22N4O2S/c1-23(11-14-3-2-7-21-10-14)12-15-6-8-24(13-15)19(25)16-4-5-18-17(9-16)22-20(27)26-18/h2-5,7,9-10,15H,6,8,11-13H2,1H3,(H,22,27)/t15-/m1/s1. The Morgan fingerprint density at radius 1 is 1.44 bits per heavy atom. The van der Waals surface area contributed by atoms with E-state index in [1.807, 2.05) is 23.2 Å². The van der Waals surface area contributed by atoms with Gasteiger partial charge in [0.1, 0.15) is 0 Å². The Morgan fingerprint density at radius 3 is 3.15 bits per heavy atom. The smallest absolute Gasteiger partial charge is 0.266 e. The molecule has 0 unspecified atom stereocenters. The third kappa shape index (κ3) is 4.09. The van der Waals surface area contributed by atoms with Crippen LogP contribution in [-0.2, 0) is 6.54 Å². The lowest BCUT2D eigenvalue weighted by molar-refractivity contribution is 0.0784. The third-order valence-electron chi connectivity index (χ3n) is 4.98. The topological polar surface area (TPSA) is 65.4 Å². The van der Waals surface area contributed by atoms with Crippen molar-refractivity contribution in [1.82, 2.24) is 19.8 Å². The normalized spacial score (nSPS) is 17.1. The molecule has 3 heterocycles. The minimum absolute atomic E-state index is 0.0647. The second kappa shape index (κ2) is 7.62. The van der Waals surface area contributed by atoms with E-state index in [0.29, 0.717) is 21.9 Å². The summed E-state index contributed by atoms with van der Waals surface area (Å²) in [6.07, 6.45) is 4.72. The van der Waals surface area contributed by atoms with Gasteiger partial charge in [0.15, 0.2) is 5.58 Å². The first-order chi connectivity index (χ1) is 13.1. The van der Waals surface area contributed by atoms with E-state index >= 15 is 0 Å². The average molecular weight is 382 g/mol. The number of hydrogen-bond acceptors (Lipinski definition) is 5. The quantitative estimate of drug-likeness (QED) is 0.685. The highest BCUT2D eigenvalue weighted by Crippen LogP contribution is 2.22. The molecule has 0 bridgehead atoms. The Labute approximate surface area is 162 Å². The fraction of sp³-hybridized carbons (Fsp3) is 0.350. The van der Waals surface area contributed by atoms with Gasteiger partial charge in [-0.15, -0.1) is 0 Å². The van der Waals surface area contributed by atoms with E-state index in [1.54, 1.807) is 18.3 Å². The van der Waals surface area contributed by atoms with Crippen LogP contribution < -0.4 is 0 Å². The first-order valence-electron chi connectivity index (χ1n) is 9.08. The van der Waals surface area contributed by atoms with Crippen molar-refractivity contribution in [3.05, 3.63) is 58.7 Å². The zero-order chi connectivity index (χ0) is 18.8. The molecule has 1 N–H and O–H groups in total. The molecule has 6 nitrogen and oxygen atoms in total. The summed E-state index contributed by atoms with van der Waals surface area (Å²) in [5.74, 6) is 0.550. The van der Waals surface area contributed by atoms with Gasteiger partial charge in [0.2, 0.25) is 0 Å². The summed E-state index contributed by atoms with van der Waals surface area (Å²) in [7, 11) is 2.12. The fourth-order valence-electron chi connectivity index (χ4n) is 3.74. The molecule has 27 heavy (non-hydrogen) atoms. The van der Waals surface area contributed by atoms with Crippen molar-refractivity contribution < 1.29 is 9.21 Å². The number of hydrogen-bond donors (Lipinski definition) is 1. The lowest BCUT2D eigenvalue weighted by Gasteiger charge is -2.21. The highest BCUT2D eigenvalue weighted by atomic mass is 32.1. The summed E-state index contributed by atoms with van der Waals surface area (Å²) in [5, 5.41) is 0. The minimum Gasteiger partial charge on any atom is -0.429 e. The Kier molecular flexibility index (Phi) is 5.05. The molecule has 1 atom stereocenters. The van der Waals surface area contributed by atoms with Crippen LogP contribution >= 0.6 is 12.2 Å². The molecular formula is C20H22N4O2S. The van der Waals surface area contributed by atoms with E-state index in [-0.39, 0.29) is 5.91 Å². The number of nitrogens with one attached hydrogen (secondary N) is 1. The monoisotopic (exact) mass is 382 g/mol. The lowest BCUT2D eigenvalue weighted by atomic mass is 10.1. The predicted molar refractivity (Wildman–Crippen MR) is 106 cm³/mol. The van der Waals surface area contributed by atoms with Crippen molar-refractivity contribution >= 4 is 29.2 Å². The van der Waals surface area contributed by atoms with Crippen LogP contribution in [0.3, 0.4) is 0 Å². The van der Waals surface area contributed by atoms with Gasteiger partial charge < -0.3 is 19.2 Å². The third-order valence-corrected chi connectivity index (χ3v) is 5.17. The number of aromatic nitrogens is 2. The van der Waals surface area contributed by atoms with E-state index < -0.39 is 0 Å². The summed E-state index contributed by atoms with van der Waals surface area (Å²) >= 11 is 5.01. The van der Waals surface area contributed by atoms with Crippen molar-refractivity contribution in [3.63, 3.8) is 0 Å². The number of fused-ring (bicyclic) bond motifs is 1. The van der Waals surface area contributed by atoms with Crippen LogP contribution in [0, 0.1) is 10.8 Å². The lowest BCUT2D eigenvalue weighted by Crippen LogP contribution is -2.31. The van der Waals surface area contributed by atoms with Crippen molar-refractivity contribution in [2.75, 3.05) is 26.7 Å². The summed E-state index contributed by atoms with van der Waals surface area (Å²) in [6, 6.07) is 9.47. The number of carbonyl (C=O) groups is 1. The Balaban J connectivity index is 1.36. The number of nitrogens with zero attached hydrogens (tertiary/aromatic N) is 3. The summed E-state index contributed by atoms with van der Waals surface area (Å²) < 4.78 is 5.36. The van der Waals surface area contributed by atoms with Crippen LogP contribution in [0.1, 0.15) is 22.3 Å². The van der Waals surface area contributed by atoms with Gasteiger partial charge in [0.25, 0.3) is 10.7 Å². The maximum Gasteiger partial charge on any atom is 0.266 e. The number of rotatable bonds is 5. The molecule has 1 aliphatic heterocycles. The maximum atomic E-state index is 12.9. The number of H-pyrrole nitrogens is 1. The number of pyridine rings is 1. The van der Waals surface area contributed by atoms with Gasteiger partial charge in [-0.3, -0.25) is 9.78 Å². The van der Waals surface area contributed by atoms with Crippen LogP contribution in [0.15, 0.2) is 47.1 Å². The van der Waals surface area contributed by atoms with Crippen LogP contribution in [0.4, 0.5) is 0 Å². The minimum atomic E-state index is 0.0647. The molecule has 2 aromatic heterocycles. The van der Waals surface area contributed by atoms with E-state index in [9.17, 15) is 4.79 Å². The highest BCUT2D eigenvalue weighted by Gasteiger charge is 2.28. The van der Waals surface area contributed by atoms with Gasteiger partial charge in [-0.05, 0) is 61.4 Å². The molecule has 1 aliphatic rings. The van der Waals surface area contributed by atoms with E-state index in [4.69, 9.17) is 16.6 Å². The fourth-order valence-corrected chi connectivity index (χ4v) is 3.94. The SMILES string of the molecule is CN(Cc1cccnc1)C[C@H]1CCN(C(=O)c2ccc3oc(=S)[nH]c3c2)C1. The van der Waals surface area contributed by atoms with Crippen LogP contribution in [0.2, 0.25) is 0 Å². The molecule has 1 amide bonds. The Morgan fingerprint density at radius 2 is 2.33 bits per heavy atom. The van der Waals surface area contributed by atoms with Crippen LogP contribution in [0.25, 0.3) is 11.1 Å². The van der Waals surface area contributed by atoms with Gasteiger partial charge in [0.05, 0.1) is 5.52 Å². The summed E-state index contributed by atoms with van der Waals surface area (Å²) in [6.45, 7) is 3.42. The first-order valence-corrected chi connectivity index (χ1v) is 9.49.